The molecule has 0 saturated carbocycles. The van der Waals surface area contributed by atoms with E-state index in [4.69, 9.17) is 10.5 Å². The lowest BCUT2D eigenvalue weighted by atomic mass is 10.3. The summed E-state index contributed by atoms with van der Waals surface area (Å²) in [5.74, 6) is 1.75. The zero-order valence-electron chi connectivity index (χ0n) is 9.67. The predicted octanol–water partition coefficient (Wildman–Crippen LogP) is 2.17. The van der Waals surface area contributed by atoms with Crippen LogP contribution in [0.1, 0.15) is 0 Å². The van der Waals surface area contributed by atoms with Crippen molar-refractivity contribution in [3.8, 4) is 5.75 Å². The minimum absolute atomic E-state index is 0.670. The van der Waals surface area contributed by atoms with E-state index in [1.807, 2.05) is 43.7 Å². The number of ether oxygens (including phenoxy) is 1. The van der Waals surface area contributed by atoms with Crippen molar-refractivity contribution in [2.75, 3.05) is 18.1 Å². The molecule has 90 valence electrons. The second-order valence-electron chi connectivity index (χ2n) is 3.62. The molecule has 1 aromatic carbocycles. The first-order chi connectivity index (χ1) is 8.24. The first kappa shape index (κ1) is 11.9. The van der Waals surface area contributed by atoms with Crippen molar-refractivity contribution in [1.29, 1.82) is 0 Å². The Hall–Kier alpha value is -1.62. The van der Waals surface area contributed by atoms with Crippen LogP contribution in [0.15, 0.2) is 41.6 Å². The standard InChI is InChI=1S/C12H15N3OS/c1-15-9-12(8-14-15)17-7-6-16-11-4-2-10(13)3-5-11/h2-5,8-9H,6-7,13H2,1H3. The molecular weight excluding hydrogens is 234 g/mol. The van der Waals surface area contributed by atoms with Gasteiger partial charge in [0.05, 0.1) is 12.8 Å². The highest BCUT2D eigenvalue weighted by molar-refractivity contribution is 7.99. The topological polar surface area (TPSA) is 53.1 Å². The molecule has 0 saturated heterocycles. The third-order valence-corrected chi connectivity index (χ3v) is 3.10. The highest BCUT2D eigenvalue weighted by Crippen LogP contribution is 2.17. The van der Waals surface area contributed by atoms with Gasteiger partial charge >= 0.3 is 0 Å². The molecule has 0 aliphatic heterocycles. The van der Waals surface area contributed by atoms with Gasteiger partial charge in [-0.05, 0) is 24.3 Å². The van der Waals surface area contributed by atoms with Gasteiger partial charge in [0.2, 0.25) is 0 Å². The van der Waals surface area contributed by atoms with Crippen LogP contribution in [0.25, 0.3) is 0 Å². The maximum atomic E-state index is 5.59. The Morgan fingerprint density at radius 1 is 1.35 bits per heavy atom. The van der Waals surface area contributed by atoms with Crippen molar-refractivity contribution >= 4 is 17.4 Å². The Labute approximate surface area is 105 Å². The van der Waals surface area contributed by atoms with Crippen LogP contribution in [0.4, 0.5) is 5.69 Å². The number of thioether (sulfide) groups is 1. The number of hydrogen-bond donors (Lipinski definition) is 1. The van der Waals surface area contributed by atoms with Gasteiger partial charge in [0.1, 0.15) is 5.75 Å². The van der Waals surface area contributed by atoms with Crippen LogP contribution < -0.4 is 10.5 Å². The van der Waals surface area contributed by atoms with Gasteiger partial charge in [-0.3, -0.25) is 4.68 Å². The molecule has 2 aromatic rings. The van der Waals surface area contributed by atoms with E-state index in [2.05, 4.69) is 5.10 Å². The van der Waals surface area contributed by atoms with Crippen LogP contribution in [-0.2, 0) is 7.05 Å². The summed E-state index contributed by atoms with van der Waals surface area (Å²) in [4.78, 5) is 1.16. The van der Waals surface area contributed by atoms with Crippen molar-refractivity contribution in [3.63, 3.8) is 0 Å². The molecule has 0 atom stereocenters. The predicted molar refractivity (Wildman–Crippen MR) is 70.3 cm³/mol. The average molecular weight is 249 g/mol. The highest BCUT2D eigenvalue weighted by atomic mass is 32.2. The lowest BCUT2D eigenvalue weighted by Crippen LogP contribution is -1.99. The molecule has 1 aromatic heterocycles. The van der Waals surface area contributed by atoms with Gasteiger partial charge in [0.15, 0.2) is 0 Å². The number of hydrogen-bond acceptors (Lipinski definition) is 4. The average Bonchev–Trinajstić information content (AvgIpc) is 2.73. The summed E-state index contributed by atoms with van der Waals surface area (Å²) in [5.41, 5.74) is 6.34. The van der Waals surface area contributed by atoms with E-state index in [1.165, 1.54) is 0 Å². The fourth-order valence-electron chi connectivity index (χ4n) is 1.36. The summed E-state index contributed by atoms with van der Waals surface area (Å²) in [6.07, 6.45) is 3.85. The molecular formula is C12H15N3OS. The van der Waals surface area contributed by atoms with Crippen LogP contribution in [0.5, 0.6) is 5.75 Å². The van der Waals surface area contributed by atoms with Crippen LogP contribution in [0.3, 0.4) is 0 Å². The molecule has 2 N–H and O–H groups in total. The highest BCUT2D eigenvalue weighted by Gasteiger charge is 1.97. The zero-order chi connectivity index (χ0) is 12.1. The second kappa shape index (κ2) is 5.63. The van der Waals surface area contributed by atoms with Gasteiger partial charge in [-0.2, -0.15) is 5.10 Å². The molecule has 0 bridgehead atoms. The van der Waals surface area contributed by atoms with E-state index in [-0.39, 0.29) is 0 Å². The summed E-state index contributed by atoms with van der Waals surface area (Å²) >= 11 is 1.73. The Balaban J connectivity index is 1.71. The molecule has 0 radical (unpaired) electrons. The van der Waals surface area contributed by atoms with E-state index >= 15 is 0 Å². The molecule has 0 aliphatic rings. The Morgan fingerprint density at radius 3 is 2.76 bits per heavy atom. The monoisotopic (exact) mass is 249 g/mol. The number of aryl methyl sites for hydroxylation is 1. The van der Waals surface area contributed by atoms with Crippen molar-refractivity contribution in [2.24, 2.45) is 7.05 Å². The fraction of sp³-hybridized carbons (Fsp3) is 0.250. The number of nitrogen functional groups attached to an aromatic ring is 1. The summed E-state index contributed by atoms with van der Waals surface area (Å²) in [5, 5.41) is 4.10. The molecule has 5 heteroatoms. The second-order valence-corrected chi connectivity index (χ2v) is 4.78. The van der Waals surface area contributed by atoms with Crippen LogP contribution in [0.2, 0.25) is 0 Å². The van der Waals surface area contributed by atoms with Crippen LogP contribution in [0, 0.1) is 0 Å². The van der Waals surface area contributed by atoms with Gasteiger partial charge < -0.3 is 10.5 Å². The van der Waals surface area contributed by atoms with Gasteiger partial charge in [-0.1, -0.05) is 0 Å². The molecule has 0 spiro atoms. The first-order valence-electron chi connectivity index (χ1n) is 5.34. The molecule has 4 nitrogen and oxygen atoms in total. The largest absolute Gasteiger partial charge is 0.493 e. The quantitative estimate of drug-likeness (QED) is 0.501. The van der Waals surface area contributed by atoms with Crippen LogP contribution >= 0.6 is 11.8 Å². The summed E-state index contributed by atoms with van der Waals surface area (Å²) in [6.45, 7) is 0.670. The van der Waals surface area contributed by atoms with Gasteiger partial charge in [-0.15, -0.1) is 11.8 Å². The smallest absolute Gasteiger partial charge is 0.119 e. The number of benzene rings is 1. The van der Waals surface area contributed by atoms with E-state index in [0.717, 1.165) is 22.1 Å². The van der Waals surface area contributed by atoms with Gasteiger partial charge in [0, 0.05) is 29.6 Å². The van der Waals surface area contributed by atoms with Crippen molar-refractivity contribution < 1.29 is 4.74 Å². The molecule has 2 rings (SSSR count). The molecule has 17 heavy (non-hydrogen) atoms. The molecule has 0 unspecified atom stereocenters. The number of nitrogens with zero attached hydrogens (tertiary/aromatic N) is 2. The Morgan fingerprint density at radius 2 is 2.12 bits per heavy atom. The fourth-order valence-corrected chi connectivity index (χ4v) is 2.11. The Bertz CT molecular complexity index is 467. The molecule has 0 fully saturated rings. The zero-order valence-corrected chi connectivity index (χ0v) is 10.5. The molecule has 1 heterocycles. The maximum absolute atomic E-state index is 5.59. The lowest BCUT2D eigenvalue weighted by molar-refractivity contribution is 0.344. The van der Waals surface area contributed by atoms with Gasteiger partial charge in [0.25, 0.3) is 0 Å². The molecule has 0 aliphatic carbocycles. The normalized spacial score (nSPS) is 10.4. The minimum atomic E-state index is 0.670. The summed E-state index contributed by atoms with van der Waals surface area (Å²) in [6, 6.07) is 7.43. The number of anilines is 1. The third-order valence-electron chi connectivity index (χ3n) is 2.18. The van der Waals surface area contributed by atoms with Crippen LogP contribution in [-0.4, -0.2) is 22.1 Å². The van der Waals surface area contributed by atoms with Crippen molar-refractivity contribution in [3.05, 3.63) is 36.7 Å². The number of aromatic nitrogens is 2. The maximum Gasteiger partial charge on any atom is 0.119 e. The number of rotatable bonds is 5. The third kappa shape index (κ3) is 3.71. The van der Waals surface area contributed by atoms with Crippen molar-refractivity contribution in [2.45, 2.75) is 4.90 Å². The minimum Gasteiger partial charge on any atom is -0.493 e. The van der Waals surface area contributed by atoms with Gasteiger partial charge in [-0.25, -0.2) is 0 Å². The Kier molecular flexibility index (Phi) is 3.93. The summed E-state index contributed by atoms with van der Waals surface area (Å²) < 4.78 is 7.38. The SMILES string of the molecule is Cn1cc(SCCOc2ccc(N)cc2)cn1. The molecule has 0 amide bonds. The first-order valence-corrected chi connectivity index (χ1v) is 6.32. The number of nitrogens with two attached hydrogens (primary N) is 1. The van der Waals surface area contributed by atoms with E-state index < -0.39 is 0 Å². The van der Waals surface area contributed by atoms with Crippen molar-refractivity contribution in [1.82, 2.24) is 9.78 Å². The summed E-state index contributed by atoms with van der Waals surface area (Å²) in [7, 11) is 1.91. The van der Waals surface area contributed by atoms with E-state index in [9.17, 15) is 0 Å². The lowest BCUT2D eigenvalue weighted by Gasteiger charge is -2.05. The van der Waals surface area contributed by atoms with E-state index in [0.29, 0.717) is 6.61 Å². The van der Waals surface area contributed by atoms with E-state index in [1.54, 1.807) is 16.4 Å².